The predicted octanol–water partition coefficient (Wildman–Crippen LogP) is 2.11. The van der Waals surface area contributed by atoms with Crippen LogP contribution in [0.25, 0.3) is 0 Å². The fraction of sp³-hybridized carbons (Fsp3) is 1.00. The molecule has 0 spiro atoms. The molecule has 0 radical (unpaired) electrons. The van der Waals surface area contributed by atoms with E-state index >= 15 is 0 Å². The van der Waals surface area contributed by atoms with Gasteiger partial charge in [-0.25, -0.2) is 0 Å². The summed E-state index contributed by atoms with van der Waals surface area (Å²) >= 11 is 0. The first-order valence-electron chi connectivity index (χ1n) is 6.67. The van der Waals surface area contributed by atoms with Crippen molar-refractivity contribution in [2.75, 3.05) is 26.7 Å². The zero-order chi connectivity index (χ0) is 10.7. The highest BCUT2D eigenvalue weighted by molar-refractivity contribution is 4.83. The summed E-state index contributed by atoms with van der Waals surface area (Å²) in [5.41, 5.74) is 0. The van der Waals surface area contributed by atoms with Gasteiger partial charge in [0.15, 0.2) is 0 Å². The Kier molecular flexibility index (Phi) is 4.04. The standard InChI is InChI=1S/C13H26N2/c1-11-7-8-14-13(11)10-15(2)9-12-5-3-4-6-12/h11-14H,3-10H2,1-2H3. The molecule has 2 unspecified atom stereocenters. The Morgan fingerprint density at radius 3 is 2.47 bits per heavy atom. The molecule has 2 heteroatoms. The molecule has 2 aliphatic rings. The average molecular weight is 210 g/mol. The van der Waals surface area contributed by atoms with Crippen LogP contribution in [0.4, 0.5) is 0 Å². The first-order valence-corrected chi connectivity index (χ1v) is 6.67. The third kappa shape index (κ3) is 3.18. The van der Waals surface area contributed by atoms with E-state index in [0.29, 0.717) is 0 Å². The topological polar surface area (TPSA) is 15.3 Å². The molecule has 88 valence electrons. The molecule has 0 aromatic carbocycles. The molecule has 2 atom stereocenters. The van der Waals surface area contributed by atoms with Crippen LogP contribution in [0.1, 0.15) is 39.0 Å². The van der Waals surface area contributed by atoms with Crippen LogP contribution in [-0.2, 0) is 0 Å². The summed E-state index contributed by atoms with van der Waals surface area (Å²) in [5.74, 6) is 1.86. The van der Waals surface area contributed by atoms with Gasteiger partial charge in [-0.2, -0.15) is 0 Å². The van der Waals surface area contributed by atoms with Gasteiger partial charge in [-0.15, -0.1) is 0 Å². The van der Waals surface area contributed by atoms with Gasteiger partial charge in [0.25, 0.3) is 0 Å². The molecule has 2 fully saturated rings. The monoisotopic (exact) mass is 210 g/mol. The maximum atomic E-state index is 3.62. The Balaban J connectivity index is 1.69. The molecular formula is C13H26N2. The third-order valence-electron chi connectivity index (χ3n) is 4.25. The Hall–Kier alpha value is -0.0800. The van der Waals surface area contributed by atoms with E-state index in [1.807, 2.05) is 0 Å². The third-order valence-corrected chi connectivity index (χ3v) is 4.25. The van der Waals surface area contributed by atoms with E-state index in [1.54, 1.807) is 0 Å². The van der Waals surface area contributed by atoms with E-state index in [0.717, 1.165) is 17.9 Å². The lowest BCUT2D eigenvalue weighted by Crippen LogP contribution is -2.39. The number of nitrogens with zero attached hydrogens (tertiary/aromatic N) is 1. The van der Waals surface area contributed by atoms with E-state index in [9.17, 15) is 0 Å². The molecule has 2 rings (SSSR count). The number of hydrogen-bond acceptors (Lipinski definition) is 2. The first-order chi connectivity index (χ1) is 7.25. The van der Waals surface area contributed by atoms with Crippen molar-refractivity contribution in [1.82, 2.24) is 10.2 Å². The second-order valence-corrected chi connectivity index (χ2v) is 5.70. The summed E-state index contributed by atoms with van der Waals surface area (Å²) in [4.78, 5) is 2.55. The summed E-state index contributed by atoms with van der Waals surface area (Å²) in [6.07, 6.45) is 7.24. The Labute approximate surface area is 94.4 Å². The smallest absolute Gasteiger partial charge is 0.0220 e. The normalized spacial score (nSPS) is 33.0. The first kappa shape index (κ1) is 11.4. The zero-order valence-corrected chi connectivity index (χ0v) is 10.3. The van der Waals surface area contributed by atoms with Crippen LogP contribution in [0.5, 0.6) is 0 Å². The van der Waals surface area contributed by atoms with Gasteiger partial charge >= 0.3 is 0 Å². The molecule has 0 bridgehead atoms. The fourth-order valence-corrected chi connectivity index (χ4v) is 3.19. The van der Waals surface area contributed by atoms with Crippen LogP contribution in [0.3, 0.4) is 0 Å². The van der Waals surface area contributed by atoms with E-state index in [1.165, 1.54) is 51.7 Å². The lowest BCUT2D eigenvalue weighted by Gasteiger charge is -2.26. The van der Waals surface area contributed by atoms with Crippen molar-refractivity contribution in [2.24, 2.45) is 11.8 Å². The van der Waals surface area contributed by atoms with Crippen LogP contribution in [0.15, 0.2) is 0 Å². The van der Waals surface area contributed by atoms with E-state index in [4.69, 9.17) is 0 Å². The highest BCUT2D eigenvalue weighted by atomic mass is 15.1. The maximum absolute atomic E-state index is 3.62. The van der Waals surface area contributed by atoms with Crippen LogP contribution < -0.4 is 5.32 Å². The lowest BCUT2D eigenvalue weighted by atomic mass is 10.0. The molecule has 1 saturated carbocycles. The summed E-state index contributed by atoms with van der Waals surface area (Å²) in [6.45, 7) is 6.18. The van der Waals surface area contributed by atoms with Crippen molar-refractivity contribution in [1.29, 1.82) is 0 Å². The molecule has 1 aliphatic heterocycles. The number of rotatable bonds is 4. The minimum absolute atomic E-state index is 0.747. The molecule has 0 aromatic rings. The molecule has 1 saturated heterocycles. The van der Waals surface area contributed by atoms with Crippen molar-refractivity contribution in [2.45, 2.75) is 45.1 Å². The van der Waals surface area contributed by atoms with Gasteiger partial charge in [-0.3, -0.25) is 0 Å². The van der Waals surface area contributed by atoms with Crippen molar-refractivity contribution >= 4 is 0 Å². The minimum atomic E-state index is 0.747. The zero-order valence-electron chi connectivity index (χ0n) is 10.3. The maximum Gasteiger partial charge on any atom is 0.0220 e. The number of likely N-dealkylation sites (N-methyl/N-ethyl adjacent to an activating group) is 1. The van der Waals surface area contributed by atoms with Crippen LogP contribution >= 0.6 is 0 Å². The second-order valence-electron chi connectivity index (χ2n) is 5.70. The summed E-state index contributed by atoms with van der Waals surface area (Å²) < 4.78 is 0. The van der Waals surface area contributed by atoms with Crippen molar-refractivity contribution in [3.63, 3.8) is 0 Å². The summed E-state index contributed by atoms with van der Waals surface area (Å²) in [5, 5.41) is 3.62. The van der Waals surface area contributed by atoms with Gasteiger partial charge in [-0.05, 0) is 44.7 Å². The molecule has 1 heterocycles. The van der Waals surface area contributed by atoms with Gasteiger partial charge in [0.05, 0.1) is 0 Å². The van der Waals surface area contributed by atoms with E-state index in [2.05, 4.69) is 24.2 Å². The van der Waals surface area contributed by atoms with Gasteiger partial charge in [0.2, 0.25) is 0 Å². The minimum Gasteiger partial charge on any atom is -0.312 e. The average Bonchev–Trinajstić information content (AvgIpc) is 2.79. The Bertz CT molecular complexity index is 187. The van der Waals surface area contributed by atoms with Crippen molar-refractivity contribution in [3.05, 3.63) is 0 Å². The number of hydrogen-bond donors (Lipinski definition) is 1. The molecule has 0 aromatic heterocycles. The van der Waals surface area contributed by atoms with Gasteiger partial charge < -0.3 is 10.2 Å². The highest BCUT2D eigenvalue weighted by Gasteiger charge is 2.25. The van der Waals surface area contributed by atoms with Gasteiger partial charge in [0.1, 0.15) is 0 Å². The summed E-state index contributed by atoms with van der Waals surface area (Å²) in [6, 6.07) is 0.747. The summed E-state index contributed by atoms with van der Waals surface area (Å²) in [7, 11) is 2.30. The molecule has 1 N–H and O–H groups in total. The largest absolute Gasteiger partial charge is 0.312 e. The lowest BCUT2D eigenvalue weighted by molar-refractivity contribution is 0.241. The SMILES string of the molecule is CC1CCNC1CN(C)CC1CCCC1. The van der Waals surface area contributed by atoms with Crippen LogP contribution in [0.2, 0.25) is 0 Å². The highest BCUT2D eigenvalue weighted by Crippen LogP contribution is 2.25. The quantitative estimate of drug-likeness (QED) is 0.764. The number of nitrogens with one attached hydrogen (secondary N) is 1. The Morgan fingerprint density at radius 2 is 1.87 bits per heavy atom. The Morgan fingerprint density at radius 1 is 1.13 bits per heavy atom. The fourth-order valence-electron chi connectivity index (χ4n) is 3.19. The molecular weight excluding hydrogens is 184 g/mol. The van der Waals surface area contributed by atoms with Crippen LogP contribution in [0, 0.1) is 11.8 Å². The predicted molar refractivity (Wildman–Crippen MR) is 65.0 cm³/mol. The van der Waals surface area contributed by atoms with Crippen molar-refractivity contribution < 1.29 is 0 Å². The molecule has 15 heavy (non-hydrogen) atoms. The molecule has 0 amide bonds. The molecule has 2 nitrogen and oxygen atoms in total. The van der Waals surface area contributed by atoms with E-state index in [-0.39, 0.29) is 0 Å². The van der Waals surface area contributed by atoms with Crippen LogP contribution in [-0.4, -0.2) is 37.6 Å². The molecule has 1 aliphatic carbocycles. The van der Waals surface area contributed by atoms with E-state index < -0.39 is 0 Å². The van der Waals surface area contributed by atoms with Gasteiger partial charge in [-0.1, -0.05) is 19.8 Å². The van der Waals surface area contributed by atoms with Crippen molar-refractivity contribution in [3.8, 4) is 0 Å². The van der Waals surface area contributed by atoms with Gasteiger partial charge in [0, 0.05) is 19.1 Å². The second kappa shape index (κ2) is 5.31.